The van der Waals surface area contributed by atoms with Crippen LogP contribution < -0.4 is 4.90 Å². The highest BCUT2D eigenvalue weighted by molar-refractivity contribution is 5.74. The second-order valence-electron chi connectivity index (χ2n) is 6.24. The van der Waals surface area contributed by atoms with Gasteiger partial charge in [0.2, 0.25) is 0 Å². The van der Waals surface area contributed by atoms with Crippen molar-refractivity contribution in [2.75, 3.05) is 11.9 Å². The molecule has 1 aromatic heterocycles. The van der Waals surface area contributed by atoms with E-state index in [-0.39, 0.29) is 5.82 Å². The number of rotatable bonds is 6. The smallest absolute Gasteiger partial charge is 0.168 e. The molecule has 0 N–H and O–H groups in total. The van der Waals surface area contributed by atoms with Gasteiger partial charge in [-0.05, 0) is 31.0 Å². The Labute approximate surface area is 147 Å². The van der Waals surface area contributed by atoms with E-state index in [0.29, 0.717) is 17.9 Å². The Hall–Kier alpha value is -2.75. The molecular weight excluding hydrogens is 315 g/mol. The van der Waals surface area contributed by atoms with E-state index in [1.54, 1.807) is 30.1 Å². The number of aldehydes is 1. The van der Waals surface area contributed by atoms with E-state index in [2.05, 4.69) is 23.2 Å². The predicted molar refractivity (Wildman–Crippen MR) is 98.3 cm³/mol. The Morgan fingerprint density at radius 3 is 2.80 bits per heavy atom. The van der Waals surface area contributed by atoms with Crippen LogP contribution in [-0.4, -0.2) is 18.3 Å². The van der Waals surface area contributed by atoms with E-state index in [9.17, 15) is 9.18 Å². The summed E-state index contributed by atoms with van der Waals surface area (Å²) < 4.78 is 13.9. The van der Waals surface area contributed by atoms with Gasteiger partial charge in [-0.1, -0.05) is 42.0 Å². The average molecular weight is 336 g/mol. The molecule has 0 aliphatic heterocycles. The molecule has 3 rings (SSSR count). The number of nitrogens with zero attached hydrogens (tertiary/aromatic N) is 2. The van der Waals surface area contributed by atoms with Crippen LogP contribution in [0.4, 0.5) is 10.1 Å². The summed E-state index contributed by atoms with van der Waals surface area (Å²) in [5.41, 5.74) is 3.93. The van der Waals surface area contributed by atoms with Crippen LogP contribution in [0.2, 0.25) is 0 Å². The fraction of sp³-hybridized carbons (Fsp3) is 0.238. The van der Waals surface area contributed by atoms with Gasteiger partial charge >= 0.3 is 0 Å². The van der Waals surface area contributed by atoms with Gasteiger partial charge in [-0.25, -0.2) is 9.37 Å². The minimum absolute atomic E-state index is 0.278. The molecule has 0 spiro atoms. The molecule has 0 amide bonds. The van der Waals surface area contributed by atoms with Crippen LogP contribution in [0.1, 0.15) is 34.6 Å². The lowest BCUT2D eigenvalue weighted by molar-refractivity contribution is 0.111. The summed E-state index contributed by atoms with van der Waals surface area (Å²) >= 11 is 0. The third kappa shape index (κ3) is 4.21. The second kappa shape index (κ2) is 7.88. The molecule has 0 atom stereocenters. The molecule has 128 valence electrons. The SMILES string of the molecule is CN(Cc1ccc(CC2=CC=CCC2)nc1C=O)c1ccccc1F. The van der Waals surface area contributed by atoms with E-state index in [0.717, 1.165) is 36.8 Å². The van der Waals surface area contributed by atoms with Gasteiger partial charge in [-0.15, -0.1) is 0 Å². The van der Waals surface area contributed by atoms with E-state index >= 15 is 0 Å². The summed E-state index contributed by atoms with van der Waals surface area (Å²) in [4.78, 5) is 17.8. The standard InChI is InChI=1S/C21H21FN2O/c1-24(21-10-6-5-9-19(21)22)14-17-11-12-18(23-20(17)15-25)13-16-7-3-2-4-8-16/h2-3,5-7,9-12,15H,4,8,13-14H2,1H3. The molecule has 1 aliphatic rings. The number of carbonyl (C=O) groups excluding carboxylic acids is 1. The second-order valence-corrected chi connectivity index (χ2v) is 6.24. The lowest BCUT2D eigenvalue weighted by atomic mass is 9.99. The monoisotopic (exact) mass is 336 g/mol. The molecule has 0 saturated heterocycles. The van der Waals surface area contributed by atoms with E-state index in [4.69, 9.17) is 0 Å². The summed E-state index contributed by atoms with van der Waals surface area (Å²) in [6.07, 6.45) is 9.96. The number of allylic oxidation sites excluding steroid dienone is 4. The highest BCUT2D eigenvalue weighted by Gasteiger charge is 2.12. The quantitative estimate of drug-likeness (QED) is 0.729. The Kier molecular flexibility index (Phi) is 5.39. The molecule has 0 bridgehead atoms. The molecule has 0 fully saturated rings. The van der Waals surface area contributed by atoms with Gasteiger partial charge < -0.3 is 4.90 Å². The normalized spacial score (nSPS) is 13.4. The lowest BCUT2D eigenvalue weighted by Crippen LogP contribution is -2.19. The Balaban J connectivity index is 1.78. The molecule has 2 aromatic rings. The van der Waals surface area contributed by atoms with Crippen molar-refractivity contribution in [3.8, 4) is 0 Å². The molecule has 0 saturated carbocycles. The molecular formula is C21H21FN2O. The van der Waals surface area contributed by atoms with Crippen molar-refractivity contribution in [3.05, 3.63) is 83.0 Å². The first-order valence-electron chi connectivity index (χ1n) is 8.41. The molecule has 1 aliphatic carbocycles. The number of hydrogen-bond donors (Lipinski definition) is 0. The van der Waals surface area contributed by atoms with Crippen LogP contribution in [0.3, 0.4) is 0 Å². The zero-order valence-corrected chi connectivity index (χ0v) is 14.3. The number of anilines is 1. The van der Waals surface area contributed by atoms with Crippen LogP contribution in [0.25, 0.3) is 0 Å². The summed E-state index contributed by atoms with van der Waals surface area (Å²) in [6.45, 7) is 0.424. The predicted octanol–water partition coefficient (Wildman–Crippen LogP) is 4.49. The number of carbonyl (C=O) groups is 1. The first kappa shape index (κ1) is 17.1. The number of aromatic nitrogens is 1. The third-order valence-electron chi connectivity index (χ3n) is 4.36. The molecule has 0 radical (unpaired) electrons. The molecule has 3 nitrogen and oxygen atoms in total. The number of hydrogen-bond acceptors (Lipinski definition) is 3. The topological polar surface area (TPSA) is 33.2 Å². The fourth-order valence-electron chi connectivity index (χ4n) is 3.01. The molecule has 1 aromatic carbocycles. The summed E-state index contributed by atoms with van der Waals surface area (Å²) in [5.74, 6) is -0.278. The van der Waals surface area contributed by atoms with Crippen LogP contribution in [-0.2, 0) is 13.0 Å². The van der Waals surface area contributed by atoms with Gasteiger partial charge in [0.1, 0.15) is 11.5 Å². The molecule has 25 heavy (non-hydrogen) atoms. The van der Waals surface area contributed by atoms with Crippen molar-refractivity contribution in [3.63, 3.8) is 0 Å². The maximum atomic E-state index is 13.9. The lowest BCUT2D eigenvalue weighted by Gasteiger charge is -2.21. The van der Waals surface area contributed by atoms with Crippen LogP contribution in [0.15, 0.2) is 60.2 Å². The number of para-hydroxylation sites is 1. The highest BCUT2D eigenvalue weighted by atomic mass is 19.1. The van der Waals surface area contributed by atoms with Gasteiger partial charge in [0, 0.05) is 31.3 Å². The van der Waals surface area contributed by atoms with E-state index < -0.39 is 0 Å². The Morgan fingerprint density at radius 1 is 1.24 bits per heavy atom. The van der Waals surface area contributed by atoms with E-state index in [1.807, 2.05) is 12.1 Å². The Morgan fingerprint density at radius 2 is 2.08 bits per heavy atom. The first-order valence-corrected chi connectivity index (χ1v) is 8.41. The zero-order valence-electron chi connectivity index (χ0n) is 14.3. The van der Waals surface area contributed by atoms with Crippen LogP contribution in [0, 0.1) is 5.82 Å². The highest BCUT2D eigenvalue weighted by Crippen LogP contribution is 2.21. The minimum atomic E-state index is -0.278. The maximum absolute atomic E-state index is 13.9. The zero-order chi connectivity index (χ0) is 17.6. The number of pyridine rings is 1. The van der Waals surface area contributed by atoms with Crippen molar-refractivity contribution in [2.24, 2.45) is 0 Å². The molecule has 1 heterocycles. The van der Waals surface area contributed by atoms with Gasteiger partial charge in [0.15, 0.2) is 6.29 Å². The largest absolute Gasteiger partial charge is 0.368 e. The number of benzene rings is 1. The minimum Gasteiger partial charge on any atom is -0.368 e. The summed E-state index contributed by atoms with van der Waals surface area (Å²) in [5, 5.41) is 0. The van der Waals surface area contributed by atoms with Crippen LogP contribution in [0.5, 0.6) is 0 Å². The van der Waals surface area contributed by atoms with Crippen molar-refractivity contribution in [1.82, 2.24) is 4.98 Å². The van der Waals surface area contributed by atoms with Crippen molar-refractivity contribution in [2.45, 2.75) is 25.8 Å². The summed E-state index contributed by atoms with van der Waals surface area (Å²) in [7, 11) is 1.81. The maximum Gasteiger partial charge on any atom is 0.168 e. The van der Waals surface area contributed by atoms with Gasteiger partial charge in [-0.3, -0.25) is 4.79 Å². The van der Waals surface area contributed by atoms with Gasteiger partial charge in [0.25, 0.3) is 0 Å². The summed E-state index contributed by atoms with van der Waals surface area (Å²) in [6, 6.07) is 10.5. The van der Waals surface area contributed by atoms with Crippen molar-refractivity contribution < 1.29 is 9.18 Å². The molecule has 0 unspecified atom stereocenters. The van der Waals surface area contributed by atoms with Crippen LogP contribution >= 0.6 is 0 Å². The van der Waals surface area contributed by atoms with Gasteiger partial charge in [0.05, 0.1) is 5.69 Å². The van der Waals surface area contributed by atoms with Crippen molar-refractivity contribution >= 4 is 12.0 Å². The van der Waals surface area contributed by atoms with Crippen molar-refractivity contribution in [1.29, 1.82) is 0 Å². The fourth-order valence-corrected chi connectivity index (χ4v) is 3.01. The Bertz CT molecular complexity index is 826. The number of halogens is 1. The van der Waals surface area contributed by atoms with E-state index in [1.165, 1.54) is 11.6 Å². The average Bonchev–Trinajstić information content (AvgIpc) is 2.64. The molecule has 4 heteroatoms. The first-order chi connectivity index (χ1) is 12.2. The van der Waals surface area contributed by atoms with Gasteiger partial charge in [-0.2, -0.15) is 0 Å². The third-order valence-corrected chi connectivity index (χ3v) is 4.36.